The largest absolute Gasteiger partial charge is 1.00 e. The molecule has 0 saturated carbocycles. The third-order valence-corrected chi connectivity index (χ3v) is 24.9. The van der Waals surface area contributed by atoms with E-state index in [0.717, 1.165) is 91.4 Å². The third kappa shape index (κ3) is 29.4. The van der Waals surface area contributed by atoms with Crippen LogP contribution in [-0.4, -0.2) is 40.7 Å². The number of para-hydroxylation sites is 3. The van der Waals surface area contributed by atoms with E-state index in [9.17, 15) is 20.6 Å². The molecule has 11 nitrogen and oxygen atoms in total. The summed E-state index contributed by atoms with van der Waals surface area (Å²) in [5.74, 6) is 2.52. The Morgan fingerprint density at radius 2 is 0.672 bits per heavy atom. The van der Waals surface area contributed by atoms with Crippen molar-refractivity contribution in [2.75, 3.05) is 40.7 Å². The van der Waals surface area contributed by atoms with Gasteiger partial charge in [0.15, 0.2) is 11.3 Å². The number of hydrogen-bond donors (Lipinski definition) is 0. The molecular formula is C119H97BBrN7O4PPr-2. The van der Waals surface area contributed by atoms with Gasteiger partial charge in [-0.05, 0) is 256 Å². The predicted molar refractivity (Wildman–Crippen MR) is 549 cm³/mol. The summed E-state index contributed by atoms with van der Waals surface area (Å²) < 4.78 is 16.9. The van der Waals surface area contributed by atoms with E-state index in [2.05, 4.69) is 245 Å². The Morgan fingerprint density at radius 3 is 0.940 bits per heavy atom. The molecule has 0 N–H and O–H groups in total. The second-order valence-corrected chi connectivity index (χ2v) is 32.7. The van der Waals surface area contributed by atoms with Crippen molar-refractivity contribution in [3.63, 3.8) is 0 Å². The van der Waals surface area contributed by atoms with Crippen molar-refractivity contribution >= 4 is 119 Å². The van der Waals surface area contributed by atoms with Crippen molar-refractivity contribution in [1.82, 2.24) is 0 Å². The fourth-order valence-electron chi connectivity index (χ4n) is 14.4. The van der Waals surface area contributed by atoms with Crippen molar-refractivity contribution in [1.29, 1.82) is 15.8 Å². The minimum atomic E-state index is -2.14. The zero-order valence-corrected chi connectivity index (χ0v) is 81.0. The van der Waals surface area contributed by atoms with Gasteiger partial charge in [-0.3, -0.25) is 4.79 Å². The number of rotatable bonds is 25. The minimum Gasteiger partial charge on any atom is -1.00 e. The number of nitrogens with zero attached hydrogens (tertiary/aromatic N) is 7. The number of halogens is 1. The first-order valence-electron chi connectivity index (χ1n) is 43.0. The second kappa shape index (κ2) is 55.8. The summed E-state index contributed by atoms with van der Waals surface area (Å²) in [4.78, 5) is 21.3. The number of carbonyl (C=O) groups is 1. The maximum absolute atomic E-state index is 10.9. The minimum absolute atomic E-state index is 0. The fourth-order valence-corrected chi connectivity index (χ4v) is 18.6. The first kappa shape index (κ1) is 103. The van der Waals surface area contributed by atoms with Crippen molar-refractivity contribution in [3.8, 4) is 35.5 Å². The van der Waals surface area contributed by atoms with Gasteiger partial charge in [0.1, 0.15) is 64.5 Å². The molecule has 16 aromatic rings. The van der Waals surface area contributed by atoms with Crippen LogP contribution >= 0.6 is 7.26 Å². The van der Waals surface area contributed by atoms with Gasteiger partial charge in [0, 0.05) is 119 Å². The molecule has 1 aliphatic rings. The van der Waals surface area contributed by atoms with Gasteiger partial charge in [0.05, 0.1) is 49.2 Å². The average Bonchev–Trinajstić information content (AvgIpc) is 0.742. The summed E-state index contributed by atoms with van der Waals surface area (Å²) in [6.45, 7) is 19.7. The Morgan fingerprint density at radius 1 is 0.381 bits per heavy atom. The van der Waals surface area contributed by atoms with Crippen LogP contribution < -0.4 is 61.8 Å². The molecule has 0 bridgehead atoms. The molecule has 0 spiro atoms. The fraction of sp³-hybridized carbons (Fsp3) is 0.0588. The van der Waals surface area contributed by atoms with Crippen LogP contribution in [-0.2, 0) is 0 Å². The van der Waals surface area contributed by atoms with E-state index in [1.54, 1.807) is 18.6 Å². The molecular weight excluding hydrogens is 1850 g/mol. The normalized spacial score (nSPS) is 10.8. The van der Waals surface area contributed by atoms with Crippen LogP contribution in [0.2, 0.25) is 0 Å². The Labute approximate surface area is 836 Å². The molecule has 16 aromatic carbocycles. The topological polar surface area (TPSA) is 130 Å². The number of carbonyl (C=O) groups excluding carboxylic acids is 1. The van der Waals surface area contributed by atoms with Crippen molar-refractivity contribution in [3.05, 3.63) is 535 Å². The number of hydrogen-bond acceptors (Lipinski definition) is 10. The van der Waals surface area contributed by atoms with Crippen LogP contribution in [0.4, 0.5) is 56.9 Å². The molecule has 134 heavy (non-hydrogen) atoms. The van der Waals surface area contributed by atoms with E-state index >= 15 is 0 Å². The van der Waals surface area contributed by atoms with Crippen LogP contribution in [0.1, 0.15) is 58.9 Å². The zero-order chi connectivity index (χ0) is 91.3. The van der Waals surface area contributed by atoms with Gasteiger partial charge in [0.25, 0.3) is 0 Å². The van der Waals surface area contributed by atoms with E-state index < -0.39 is 7.26 Å². The first-order chi connectivity index (χ1) is 64.6. The Hall–Kier alpha value is -15.1. The molecule has 652 valence electrons. The smallest absolute Gasteiger partial charge is 0.201 e. The summed E-state index contributed by atoms with van der Waals surface area (Å²) in [6.07, 6.45) is 12.9. The number of anilines is 9. The van der Waals surface area contributed by atoms with Gasteiger partial charge in [-0.2, -0.15) is 120 Å². The molecule has 1 aliphatic carbocycles. The van der Waals surface area contributed by atoms with E-state index in [1.807, 2.05) is 288 Å². The van der Waals surface area contributed by atoms with Crippen LogP contribution in [0.15, 0.2) is 466 Å². The quantitative estimate of drug-likeness (QED) is 0.0179. The molecule has 0 amide bonds. The van der Waals surface area contributed by atoms with Gasteiger partial charge >= 0.3 is 0 Å². The first-order valence-corrected chi connectivity index (χ1v) is 44.9. The van der Waals surface area contributed by atoms with Crippen molar-refractivity contribution in [2.45, 2.75) is 20.8 Å². The third-order valence-electron chi connectivity index (χ3n) is 20.6. The summed E-state index contributed by atoms with van der Waals surface area (Å²) in [6, 6.07) is 158. The SMILES string of the molecule is C=C1[CH+]C(C#N)=C(C[P+](c2ccccc2)(c2ccccc2)c2ccccc2)C=C1C#N.CCOc1ccc(N(c2ccccc2)c2ccc(C=O)cc2)cc1.[B].[Br-].[C-]#[N+]c1cc(C=Cc2ccc(N(c3ccccc3)c3ccc(OCC)cc3)cc2)c(C#N)cc1C=Cc1ccc(N(c2ccccc2)c2ccc(OCC)cc2)cc1.[Pr].[c-]1ccccc1.[c-]1ccccc1.[c-]1ccccc1. The number of allylic oxidation sites excluding steroid dienone is 5. The number of nitriles is 3. The summed E-state index contributed by atoms with van der Waals surface area (Å²) in [5, 5.41) is 33.3. The van der Waals surface area contributed by atoms with E-state index in [-0.39, 0.29) is 66.7 Å². The summed E-state index contributed by atoms with van der Waals surface area (Å²) in [7, 11) is -2.14. The molecule has 15 heteroatoms. The monoisotopic (exact) mass is 1950 g/mol. The average molecular weight is 1950 g/mol. The molecule has 0 aliphatic heterocycles. The molecule has 0 atom stereocenters. The molecule has 0 fully saturated rings. The second-order valence-electron chi connectivity index (χ2n) is 29.2. The molecule has 4 radical (unpaired) electrons. The summed E-state index contributed by atoms with van der Waals surface area (Å²) in [5.41, 5.74) is 16.7. The van der Waals surface area contributed by atoms with E-state index in [4.69, 9.17) is 20.8 Å². The molecule has 17 rings (SSSR count). The maximum Gasteiger partial charge on any atom is 0.201 e. The number of ether oxygens (including phenoxy) is 3. The number of benzene rings is 16. The van der Waals surface area contributed by atoms with Gasteiger partial charge < -0.3 is 45.9 Å². The van der Waals surface area contributed by atoms with Crippen LogP contribution in [0.3, 0.4) is 0 Å². The Bertz CT molecular complexity index is 6100. The Balaban J connectivity index is 0.000000220. The zero-order valence-electron chi connectivity index (χ0n) is 74.8. The van der Waals surface area contributed by atoms with Crippen LogP contribution in [0.5, 0.6) is 17.2 Å². The van der Waals surface area contributed by atoms with E-state index in [0.29, 0.717) is 70.6 Å². The van der Waals surface area contributed by atoms with Crippen molar-refractivity contribution in [2.24, 2.45) is 0 Å². The Kier molecular flexibility index (Phi) is 42.7. The molecule has 0 heterocycles. The summed E-state index contributed by atoms with van der Waals surface area (Å²) >= 11 is 0. The van der Waals surface area contributed by atoms with Gasteiger partial charge in [-0.25, -0.2) is 4.85 Å². The van der Waals surface area contributed by atoms with Gasteiger partial charge in [-0.1, -0.05) is 158 Å². The molecule has 0 saturated heterocycles. The van der Waals surface area contributed by atoms with Crippen LogP contribution in [0.25, 0.3) is 29.1 Å². The molecule has 0 aromatic heterocycles. The van der Waals surface area contributed by atoms with E-state index in [1.165, 1.54) is 15.9 Å². The number of aldehydes is 1. The standard InChI is InChI=1S/C52H42N4O2.C28H21N2P.C21H19NO2.3C6H5.B.BrH.Pr/c1-4-57-50-32-28-48(29-33-50)55(44-12-8-6-9-13-44)46-24-18-39(19-25-46)16-22-41-37-52(54-3)42(36-43(41)38-53)23-17-40-20-26-47(27-21-40)56(45-14-10-7-11-15-45)49-30-34-51(35-31-49)58-5-2;1-22-17-24(20-30)25(18-23(22)19-29)21-31(26-11-5-2-6-12-26,27-13-7-3-8-14-27)28-15-9-4-10-16-28;1-2-24-21-14-12-20(13-15-21)22(18-6-4-3-5-7-18)19-10-8-17(16-23)9-11-19;3*1-2-4-6-5-3-1;;;/h6-37H,4-5H2,1-2H3;2-18H,1,21H2;3-16H,2H2,1H3;3*1-5H;;1H;/q;+2;;3*-1;;;/p-1. The van der Waals surface area contributed by atoms with Gasteiger partial charge in [0.2, 0.25) is 6.07 Å². The van der Waals surface area contributed by atoms with Crippen LogP contribution in [0, 0.1) is 106 Å². The van der Waals surface area contributed by atoms with Crippen molar-refractivity contribution < 1.29 is 77.3 Å². The maximum atomic E-state index is 10.9. The van der Waals surface area contributed by atoms with Gasteiger partial charge in [-0.15, -0.1) is 5.26 Å². The molecule has 0 unspecified atom stereocenters. The predicted octanol–water partition coefficient (Wildman–Crippen LogP) is 25.7.